The van der Waals surface area contributed by atoms with Crippen molar-refractivity contribution in [3.8, 4) is 5.75 Å². The topological polar surface area (TPSA) is 41.6 Å². The molecule has 2 unspecified atom stereocenters. The highest BCUT2D eigenvalue weighted by molar-refractivity contribution is 5.83. The van der Waals surface area contributed by atoms with Crippen molar-refractivity contribution in [2.75, 3.05) is 20.2 Å². The standard InChI is InChI=1S/C15H20N2O2/c1-16-12-6-4-9-17(15(12)18)13-8-10-19-14-7-3-2-5-11(13)14/h2-3,5,7,12-13,16H,4,6,8-10H2,1H3. The van der Waals surface area contributed by atoms with E-state index < -0.39 is 0 Å². The molecule has 3 rings (SSSR count). The molecular weight excluding hydrogens is 240 g/mol. The molecule has 2 heterocycles. The van der Waals surface area contributed by atoms with Gasteiger partial charge < -0.3 is 15.0 Å². The van der Waals surface area contributed by atoms with Crippen LogP contribution in [0.2, 0.25) is 0 Å². The lowest BCUT2D eigenvalue weighted by Gasteiger charge is -2.40. The average molecular weight is 260 g/mol. The van der Waals surface area contributed by atoms with Gasteiger partial charge >= 0.3 is 0 Å². The Labute approximate surface area is 113 Å². The van der Waals surface area contributed by atoms with Gasteiger partial charge in [-0.15, -0.1) is 0 Å². The zero-order valence-corrected chi connectivity index (χ0v) is 11.3. The van der Waals surface area contributed by atoms with Gasteiger partial charge in [0.15, 0.2) is 0 Å². The maximum absolute atomic E-state index is 12.5. The summed E-state index contributed by atoms with van der Waals surface area (Å²) >= 11 is 0. The van der Waals surface area contributed by atoms with E-state index in [-0.39, 0.29) is 18.0 Å². The summed E-state index contributed by atoms with van der Waals surface area (Å²) < 4.78 is 5.68. The molecule has 1 saturated heterocycles. The van der Waals surface area contributed by atoms with E-state index in [0.717, 1.165) is 37.1 Å². The second-order valence-corrected chi connectivity index (χ2v) is 5.21. The maximum atomic E-state index is 12.5. The highest BCUT2D eigenvalue weighted by Crippen LogP contribution is 2.37. The predicted octanol–water partition coefficient (Wildman–Crippen LogP) is 1.72. The summed E-state index contributed by atoms with van der Waals surface area (Å²) in [5.74, 6) is 1.16. The Kier molecular flexibility index (Phi) is 3.42. The molecule has 1 N–H and O–H groups in total. The number of carbonyl (C=O) groups is 1. The number of likely N-dealkylation sites (N-methyl/N-ethyl adjacent to an activating group) is 1. The lowest BCUT2D eigenvalue weighted by atomic mass is 9.95. The van der Waals surface area contributed by atoms with Crippen LogP contribution in [0.3, 0.4) is 0 Å². The van der Waals surface area contributed by atoms with Crippen LogP contribution in [-0.2, 0) is 4.79 Å². The molecule has 4 heteroatoms. The van der Waals surface area contributed by atoms with E-state index in [9.17, 15) is 4.79 Å². The molecule has 2 atom stereocenters. The number of para-hydroxylation sites is 1. The maximum Gasteiger partial charge on any atom is 0.240 e. The van der Waals surface area contributed by atoms with Crippen molar-refractivity contribution < 1.29 is 9.53 Å². The summed E-state index contributed by atoms with van der Waals surface area (Å²) in [6.45, 7) is 1.55. The van der Waals surface area contributed by atoms with Gasteiger partial charge in [0.1, 0.15) is 5.75 Å². The van der Waals surface area contributed by atoms with E-state index in [1.807, 2.05) is 30.1 Å². The Balaban J connectivity index is 1.88. The number of benzene rings is 1. The summed E-state index contributed by atoms with van der Waals surface area (Å²) in [5.41, 5.74) is 1.15. The molecular formula is C15H20N2O2. The quantitative estimate of drug-likeness (QED) is 0.880. The normalized spacial score (nSPS) is 26.8. The molecule has 4 nitrogen and oxygen atoms in total. The largest absolute Gasteiger partial charge is 0.493 e. The third-order valence-electron chi connectivity index (χ3n) is 4.12. The Hall–Kier alpha value is -1.55. The number of piperidine rings is 1. The number of nitrogens with zero attached hydrogens (tertiary/aromatic N) is 1. The number of carbonyl (C=O) groups excluding carboxylic acids is 1. The Morgan fingerprint density at radius 3 is 3.00 bits per heavy atom. The Morgan fingerprint density at radius 1 is 1.32 bits per heavy atom. The first-order valence-corrected chi connectivity index (χ1v) is 7.00. The minimum atomic E-state index is -0.0243. The van der Waals surface area contributed by atoms with Crippen LogP contribution in [0.15, 0.2) is 24.3 Å². The van der Waals surface area contributed by atoms with Crippen LogP contribution in [-0.4, -0.2) is 37.0 Å². The molecule has 2 aliphatic heterocycles. The van der Waals surface area contributed by atoms with Crippen molar-refractivity contribution in [2.24, 2.45) is 0 Å². The first-order chi connectivity index (χ1) is 9.31. The van der Waals surface area contributed by atoms with Crippen molar-refractivity contribution in [3.63, 3.8) is 0 Å². The number of hydrogen-bond donors (Lipinski definition) is 1. The zero-order valence-electron chi connectivity index (χ0n) is 11.3. The van der Waals surface area contributed by atoms with Crippen molar-refractivity contribution >= 4 is 5.91 Å². The van der Waals surface area contributed by atoms with Gasteiger partial charge in [0.05, 0.1) is 18.7 Å². The van der Waals surface area contributed by atoms with Gasteiger partial charge in [0.2, 0.25) is 5.91 Å². The average Bonchev–Trinajstić information content (AvgIpc) is 2.47. The zero-order chi connectivity index (χ0) is 13.2. The van der Waals surface area contributed by atoms with E-state index in [1.54, 1.807) is 0 Å². The highest BCUT2D eigenvalue weighted by atomic mass is 16.5. The van der Waals surface area contributed by atoms with E-state index in [0.29, 0.717) is 6.61 Å². The van der Waals surface area contributed by atoms with Crippen LogP contribution in [0.1, 0.15) is 30.9 Å². The fourth-order valence-electron chi connectivity index (χ4n) is 3.12. The molecule has 1 aromatic carbocycles. The van der Waals surface area contributed by atoms with Crippen molar-refractivity contribution in [1.29, 1.82) is 0 Å². The smallest absolute Gasteiger partial charge is 0.240 e. The lowest BCUT2D eigenvalue weighted by molar-refractivity contribution is -0.139. The minimum absolute atomic E-state index is 0.0243. The molecule has 0 saturated carbocycles. The number of fused-ring (bicyclic) bond motifs is 1. The molecule has 0 bridgehead atoms. The van der Waals surface area contributed by atoms with Crippen LogP contribution in [0.4, 0.5) is 0 Å². The van der Waals surface area contributed by atoms with E-state index in [2.05, 4.69) is 11.4 Å². The van der Waals surface area contributed by atoms with Gasteiger partial charge in [-0.1, -0.05) is 18.2 Å². The minimum Gasteiger partial charge on any atom is -0.493 e. The number of ether oxygens (including phenoxy) is 1. The third-order valence-corrected chi connectivity index (χ3v) is 4.12. The van der Waals surface area contributed by atoms with Crippen LogP contribution in [0.25, 0.3) is 0 Å². The molecule has 1 fully saturated rings. The summed E-state index contributed by atoms with van der Waals surface area (Å²) in [6, 6.07) is 8.22. The SMILES string of the molecule is CNC1CCCN(C2CCOc3ccccc32)C1=O. The van der Waals surface area contributed by atoms with E-state index in [1.165, 1.54) is 0 Å². The lowest BCUT2D eigenvalue weighted by Crippen LogP contribution is -2.51. The van der Waals surface area contributed by atoms with E-state index in [4.69, 9.17) is 4.74 Å². The molecule has 0 aliphatic carbocycles. The second-order valence-electron chi connectivity index (χ2n) is 5.21. The van der Waals surface area contributed by atoms with Gasteiger partial charge in [-0.2, -0.15) is 0 Å². The number of likely N-dealkylation sites (tertiary alicyclic amines) is 1. The summed E-state index contributed by atoms with van der Waals surface area (Å²) in [6.07, 6.45) is 2.90. The summed E-state index contributed by atoms with van der Waals surface area (Å²) in [4.78, 5) is 14.5. The van der Waals surface area contributed by atoms with Gasteiger partial charge in [0, 0.05) is 18.5 Å². The monoisotopic (exact) mass is 260 g/mol. The Bertz CT molecular complexity index is 475. The molecule has 102 valence electrons. The third kappa shape index (κ3) is 2.21. The van der Waals surface area contributed by atoms with Crippen LogP contribution in [0.5, 0.6) is 5.75 Å². The summed E-state index contributed by atoms with van der Waals surface area (Å²) in [5, 5.41) is 3.12. The van der Waals surface area contributed by atoms with Gasteiger partial charge in [-0.3, -0.25) is 4.79 Å². The molecule has 0 aromatic heterocycles. The second kappa shape index (κ2) is 5.21. The van der Waals surface area contributed by atoms with Crippen molar-refractivity contribution in [2.45, 2.75) is 31.3 Å². The van der Waals surface area contributed by atoms with Gasteiger partial charge in [-0.05, 0) is 26.0 Å². The fraction of sp³-hybridized carbons (Fsp3) is 0.533. The van der Waals surface area contributed by atoms with E-state index >= 15 is 0 Å². The number of amides is 1. The number of nitrogens with one attached hydrogen (secondary N) is 1. The first kappa shape index (κ1) is 12.5. The van der Waals surface area contributed by atoms with Crippen LogP contribution < -0.4 is 10.1 Å². The first-order valence-electron chi connectivity index (χ1n) is 7.00. The molecule has 1 aromatic rings. The Morgan fingerprint density at radius 2 is 2.16 bits per heavy atom. The predicted molar refractivity (Wildman–Crippen MR) is 73.1 cm³/mol. The molecule has 1 amide bonds. The van der Waals surface area contributed by atoms with Gasteiger partial charge in [-0.25, -0.2) is 0 Å². The van der Waals surface area contributed by atoms with Gasteiger partial charge in [0.25, 0.3) is 0 Å². The highest BCUT2D eigenvalue weighted by Gasteiger charge is 2.35. The number of rotatable bonds is 2. The molecule has 0 spiro atoms. The molecule has 0 radical (unpaired) electrons. The number of hydrogen-bond acceptors (Lipinski definition) is 3. The van der Waals surface area contributed by atoms with Crippen molar-refractivity contribution in [1.82, 2.24) is 10.2 Å². The molecule has 19 heavy (non-hydrogen) atoms. The van der Waals surface area contributed by atoms with Crippen LogP contribution in [0, 0.1) is 0 Å². The summed E-state index contributed by atoms with van der Waals surface area (Å²) in [7, 11) is 1.87. The van der Waals surface area contributed by atoms with Crippen molar-refractivity contribution in [3.05, 3.63) is 29.8 Å². The molecule has 2 aliphatic rings. The fourth-order valence-corrected chi connectivity index (χ4v) is 3.12. The van der Waals surface area contributed by atoms with Crippen LogP contribution >= 0.6 is 0 Å².